The fraction of sp³-hybridized carbons (Fsp3) is 0.0588. The average Bonchev–Trinajstić information content (AvgIpc) is 3.06. The van der Waals surface area contributed by atoms with Gasteiger partial charge in [0.05, 0.1) is 5.69 Å². The number of benzene rings is 2. The van der Waals surface area contributed by atoms with Crippen molar-refractivity contribution < 1.29 is 14.6 Å². The van der Waals surface area contributed by atoms with E-state index in [1.54, 1.807) is 47.8 Å². The van der Waals surface area contributed by atoms with Crippen molar-refractivity contribution >= 4 is 34.5 Å². The van der Waals surface area contributed by atoms with Gasteiger partial charge in [0.2, 0.25) is 0 Å². The highest BCUT2D eigenvalue weighted by Crippen LogP contribution is 2.23. The molecule has 0 fully saturated rings. The Kier molecular flexibility index (Phi) is 4.98. The Morgan fingerprint density at radius 2 is 1.96 bits per heavy atom. The molecule has 0 radical (unpaired) electrons. The van der Waals surface area contributed by atoms with E-state index in [0.717, 1.165) is 0 Å². The molecule has 7 heteroatoms. The van der Waals surface area contributed by atoms with Gasteiger partial charge < -0.3 is 15.2 Å². The molecule has 0 saturated heterocycles. The number of anilines is 1. The molecule has 0 atom stereocenters. The average molecular weight is 361 g/mol. The first-order valence-corrected chi connectivity index (χ1v) is 8.30. The molecule has 3 rings (SSSR count). The number of halogens is 1. The lowest BCUT2D eigenvalue weighted by molar-refractivity contribution is 0.102. The lowest BCUT2D eigenvalue weighted by Crippen LogP contribution is -2.12. The molecule has 2 N–H and O–H groups in total. The van der Waals surface area contributed by atoms with Crippen LogP contribution < -0.4 is 10.1 Å². The largest absolute Gasteiger partial charge is 0.506 e. The number of nitrogens with zero attached hydrogens (tertiary/aromatic N) is 1. The SMILES string of the molecule is O=C(Nc1ccccc1O)c1csc(COc2ccc(Cl)cc2)n1. The quantitative estimate of drug-likeness (QED) is 0.664. The van der Waals surface area contributed by atoms with Crippen molar-refractivity contribution in [1.29, 1.82) is 0 Å². The number of carbonyl (C=O) groups excluding carboxylic acids is 1. The summed E-state index contributed by atoms with van der Waals surface area (Å²) in [6.45, 7) is 0.260. The highest BCUT2D eigenvalue weighted by Gasteiger charge is 2.13. The van der Waals surface area contributed by atoms with Crippen molar-refractivity contribution in [3.05, 3.63) is 69.6 Å². The predicted octanol–water partition coefficient (Wildman–Crippen LogP) is 4.33. The topological polar surface area (TPSA) is 71.5 Å². The molecule has 122 valence electrons. The monoisotopic (exact) mass is 360 g/mol. The molecule has 0 unspecified atom stereocenters. The van der Waals surface area contributed by atoms with Crippen molar-refractivity contribution in [2.45, 2.75) is 6.61 Å². The Hall–Kier alpha value is -2.57. The van der Waals surface area contributed by atoms with Gasteiger partial charge in [-0.05, 0) is 36.4 Å². The number of amides is 1. The fourth-order valence-electron chi connectivity index (χ4n) is 1.92. The van der Waals surface area contributed by atoms with E-state index < -0.39 is 0 Å². The molecule has 5 nitrogen and oxygen atoms in total. The van der Waals surface area contributed by atoms with E-state index >= 15 is 0 Å². The number of ether oxygens (including phenoxy) is 1. The van der Waals surface area contributed by atoms with Crippen LogP contribution in [0.3, 0.4) is 0 Å². The minimum Gasteiger partial charge on any atom is -0.506 e. The van der Waals surface area contributed by atoms with Gasteiger partial charge in [0.15, 0.2) is 0 Å². The Balaban J connectivity index is 1.61. The van der Waals surface area contributed by atoms with Gasteiger partial charge in [-0.3, -0.25) is 4.79 Å². The van der Waals surface area contributed by atoms with E-state index in [2.05, 4.69) is 10.3 Å². The Morgan fingerprint density at radius 3 is 2.71 bits per heavy atom. The van der Waals surface area contributed by atoms with E-state index in [1.165, 1.54) is 17.4 Å². The number of rotatable bonds is 5. The molecule has 0 spiro atoms. The molecule has 1 heterocycles. The second-order valence-electron chi connectivity index (χ2n) is 4.84. The lowest BCUT2D eigenvalue weighted by Gasteiger charge is -2.05. The van der Waals surface area contributed by atoms with Gasteiger partial charge in [-0.1, -0.05) is 23.7 Å². The summed E-state index contributed by atoms with van der Waals surface area (Å²) in [7, 11) is 0. The van der Waals surface area contributed by atoms with Crippen LogP contribution >= 0.6 is 22.9 Å². The van der Waals surface area contributed by atoms with Crippen molar-refractivity contribution in [2.75, 3.05) is 5.32 Å². The predicted molar refractivity (Wildman–Crippen MR) is 94.0 cm³/mol. The number of phenolic OH excluding ortho intramolecular Hbond substituents is 1. The maximum absolute atomic E-state index is 12.2. The Bertz CT molecular complexity index is 849. The van der Waals surface area contributed by atoms with Crippen LogP contribution in [0.4, 0.5) is 5.69 Å². The van der Waals surface area contributed by atoms with Crippen molar-refractivity contribution in [2.24, 2.45) is 0 Å². The number of carbonyl (C=O) groups is 1. The first-order chi connectivity index (χ1) is 11.6. The maximum atomic E-state index is 12.2. The third-order valence-electron chi connectivity index (χ3n) is 3.11. The summed E-state index contributed by atoms with van der Waals surface area (Å²) in [5.74, 6) is 0.299. The normalized spacial score (nSPS) is 10.4. The first-order valence-electron chi connectivity index (χ1n) is 7.04. The van der Waals surface area contributed by atoms with Crippen LogP contribution in [0.2, 0.25) is 5.02 Å². The molecule has 24 heavy (non-hydrogen) atoms. The number of nitrogens with one attached hydrogen (secondary N) is 1. The first kappa shape index (κ1) is 16.3. The van der Waals surface area contributed by atoms with Crippen LogP contribution in [-0.4, -0.2) is 16.0 Å². The summed E-state index contributed by atoms with van der Waals surface area (Å²) in [5, 5.41) is 15.3. The smallest absolute Gasteiger partial charge is 0.275 e. The molecule has 1 amide bonds. The zero-order valence-electron chi connectivity index (χ0n) is 12.4. The molecule has 0 aliphatic heterocycles. The van der Waals surface area contributed by atoms with Crippen LogP contribution in [-0.2, 0) is 6.61 Å². The Labute approximate surface area is 147 Å². The maximum Gasteiger partial charge on any atom is 0.275 e. The third kappa shape index (κ3) is 4.04. The van der Waals surface area contributed by atoms with E-state index in [4.69, 9.17) is 16.3 Å². The van der Waals surface area contributed by atoms with E-state index in [9.17, 15) is 9.90 Å². The summed E-state index contributed by atoms with van der Waals surface area (Å²) in [6, 6.07) is 13.5. The van der Waals surface area contributed by atoms with Crippen LogP contribution in [0.5, 0.6) is 11.5 Å². The molecule has 2 aromatic carbocycles. The van der Waals surface area contributed by atoms with Gasteiger partial charge in [0, 0.05) is 10.4 Å². The van der Waals surface area contributed by atoms with Crippen LogP contribution in [0.1, 0.15) is 15.5 Å². The zero-order chi connectivity index (χ0) is 16.9. The van der Waals surface area contributed by atoms with E-state index in [0.29, 0.717) is 21.5 Å². The lowest BCUT2D eigenvalue weighted by atomic mass is 10.3. The van der Waals surface area contributed by atoms with Crippen molar-refractivity contribution in [1.82, 2.24) is 4.98 Å². The molecular formula is C17H13ClN2O3S. The Morgan fingerprint density at radius 1 is 1.21 bits per heavy atom. The number of para-hydroxylation sites is 2. The zero-order valence-corrected chi connectivity index (χ0v) is 14.0. The van der Waals surface area contributed by atoms with E-state index in [1.807, 2.05) is 0 Å². The molecule has 0 bridgehead atoms. The summed E-state index contributed by atoms with van der Waals surface area (Å²) < 4.78 is 5.60. The van der Waals surface area contributed by atoms with Gasteiger partial charge in [0.25, 0.3) is 5.91 Å². The number of thiazole rings is 1. The summed E-state index contributed by atoms with van der Waals surface area (Å²) >= 11 is 7.15. The second-order valence-corrected chi connectivity index (χ2v) is 6.22. The number of hydrogen-bond donors (Lipinski definition) is 2. The van der Waals surface area contributed by atoms with Crippen molar-refractivity contribution in [3.8, 4) is 11.5 Å². The molecule has 0 aliphatic carbocycles. The summed E-state index contributed by atoms with van der Waals surface area (Å²) in [6.07, 6.45) is 0. The fourth-order valence-corrected chi connectivity index (χ4v) is 2.73. The van der Waals surface area contributed by atoms with Gasteiger partial charge in [-0.2, -0.15) is 0 Å². The van der Waals surface area contributed by atoms with Gasteiger partial charge in [0.1, 0.15) is 28.8 Å². The molecule has 0 aliphatic rings. The van der Waals surface area contributed by atoms with Crippen molar-refractivity contribution in [3.63, 3.8) is 0 Å². The number of aromatic nitrogens is 1. The van der Waals surface area contributed by atoms with Crippen LogP contribution in [0, 0.1) is 0 Å². The second kappa shape index (κ2) is 7.33. The minimum absolute atomic E-state index is 0.00683. The summed E-state index contributed by atoms with van der Waals surface area (Å²) in [5.41, 5.74) is 0.618. The molecule has 3 aromatic rings. The van der Waals surface area contributed by atoms with E-state index in [-0.39, 0.29) is 24.0 Å². The number of hydrogen-bond acceptors (Lipinski definition) is 5. The molecular weight excluding hydrogens is 348 g/mol. The van der Waals surface area contributed by atoms with Gasteiger partial charge in [-0.25, -0.2) is 4.98 Å². The van der Waals surface area contributed by atoms with Gasteiger partial charge >= 0.3 is 0 Å². The van der Waals surface area contributed by atoms with Crippen LogP contribution in [0.15, 0.2) is 53.9 Å². The van der Waals surface area contributed by atoms with Crippen LogP contribution in [0.25, 0.3) is 0 Å². The highest BCUT2D eigenvalue weighted by molar-refractivity contribution is 7.09. The number of phenols is 1. The molecule has 1 aromatic heterocycles. The highest BCUT2D eigenvalue weighted by atomic mass is 35.5. The minimum atomic E-state index is -0.384. The summed E-state index contributed by atoms with van der Waals surface area (Å²) in [4.78, 5) is 16.4. The molecule has 0 saturated carbocycles. The number of aromatic hydroxyl groups is 1. The third-order valence-corrected chi connectivity index (χ3v) is 4.19. The standard InChI is InChI=1S/C17H13ClN2O3S/c18-11-5-7-12(8-6-11)23-9-16-19-14(10-24-16)17(22)20-13-3-1-2-4-15(13)21/h1-8,10,21H,9H2,(H,20,22). The van der Waals surface area contributed by atoms with Gasteiger partial charge in [-0.15, -0.1) is 11.3 Å².